The number of para-hydroxylation sites is 1. The average Bonchev–Trinajstić information content (AvgIpc) is 2.08. The Kier molecular flexibility index (Phi) is 7.33. The van der Waals surface area contributed by atoms with E-state index in [4.69, 9.17) is 10.2 Å². The van der Waals surface area contributed by atoms with E-state index >= 15 is 0 Å². The molecule has 3 nitrogen and oxygen atoms in total. The van der Waals surface area contributed by atoms with Crippen molar-refractivity contribution < 1.29 is 14.9 Å². The summed E-state index contributed by atoms with van der Waals surface area (Å²) in [6, 6.07) is 8.71. The molecule has 0 saturated heterocycles. The molecule has 68 valence electrons. The number of aromatic hydroxyl groups is 1. The van der Waals surface area contributed by atoms with E-state index in [0.29, 0.717) is 12.4 Å². The van der Waals surface area contributed by atoms with Gasteiger partial charge < -0.3 is 14.9 Å². The Morgan fingerprint density at radius 1 is 1.25 bits per heavy atom. The molecule has 0 radical (unpaired) electrons. The number of methoxy groups -OCH3 is 1. The zero-order chi connectivity index (χ0) is 9.23. The lowest BCUT2D eigenvalue weighted by Crippen LogP contribution is -1.91. The maximum Gasteiger partial charge on any atom is 0.115 e. The van der Waals surface area contributed by atoms with Gasteiger partial charge in [0, 0.05) is 7.11 Å². The summed E-state index contributed by atoms with van der Waals surface area (Å²) >= 11 is 0. The summed E-state index contributed by atoms with van der Waals surface area (Å²) in [6.07, 6.45) is 0. The van der Waals surface area contributed by atoms with Gasteiger partial charge in [0.2, 0.25) is 0 Å². The fraction of sp³-hybridized carbons (Fsp3) is 0.333. The Bertz CT molecular complexity index is 172. The van der Waals surface area contributed by atoms with Crippen LogP contribution >= 0.6 is 0 Å². The van der Waals surface area contributed by atoms with Gasteiger partial charge in [-0.2, -0.15) is 0 Å². The molecule has 0 aliphatic rings. The van der Waals surface area contributed by atoms with E-state index in [0.717, 1.165) is 0 Å². The number of phenolic OH excluding ortho intramolecular Hbond substituents is 1. The highest BCUT2D eigenvalue weighted by atomic mass is 16.5. The number of benzene rings is 1. The number of rotatable bonds is 2. The van der Waals surface area contributed by atoms with Crippen LogP contribution in [0.1, 0.15) is 0 Å². The quantitative estimate of drug-likeness (QED) is 0.696. The normalized spacial score (nSPS) is 8.50. The summed E-state index contributed by atoms with van der Waals surface area (Å²) in [5.41, 5.74) is 0. The summed E-state index contributed by atoms with van der Waals surface area (Å²) in [7, 11) is 1.55. The largest absolute Gasteiger partial charge is 0.508 e. The van der Waals surface area contributed by atoms with Crippen LogP contribution in [0.5, 0.6) is 5.75 Å². The zero-order valence-corrected chi connectivity index (χ0v) is 7.10. The van der Waals surface area contributed by atoms with Crippen LogP contribution in [0.25, 0.3) is 0 Å². The number of hydrogen-bond donors (Lipinski definition) is 2. The first-order valence-corrected chi connectivity index (χ1v) is 3.65. The second-order valence-corrected chi connectivity index (χ2v) is 2.05. The average molecular weight is 170 g/mol. The number of aliphatic hydroxyl groups excluding tert-OH is 1. The van der Waals surface area contributed by atoms with Crippen LogP contribution in [-0.4, -0.2) is 30.5 Å². The third-order valence-electron chi connectivity index (χ3n) is 1.05. The van der Waals surface area contributed by atoms with Crippen LogP contribution < -0.4 is 0 Å². The number of aliphatic hydroxyl groups is 1. The van der Waals surface area contributed by atoms with E-state index in [9.17, 15) is 0 Å². The van der Waals surface area contributed by atoms with Crippen molar-refractivity contribution in [3.05, 3.63) is 30.3 Å². The summed E-state index contributed by atoms with van der Waals surface area (Å²) in [4.78, 5) is 0. The van der Waals surface area contributed by atoms with E-state index in [1.165, 1.54) is 0 Å². The smallest absolute Gasteiger partial charge is 0.115 e. The van der Waals surface area contributed by atoms with Gasteiger partial charge in [-0.3, -0.25) is 0 Å². The number of phenols is 1. The van der Waals surface area contributed by atoms with Crippen molar-refractivity contribution in [3.8, 4) is 5.75 Å². The Hall–Kier alpha value is -1.06. The van der Waals surface area contributed by atoms with Gasteiger partial charge >= 0.3 is 0 Å². The van der Waals surface area contributed by atoms with Crippen LogP contribution in [0.3, 0.4) is 0 Å². The second kappa shape index (κ2) is 8.04. The van der Waals surface area contributed by atoms with Crippen LogP contribution in [0.2, 0.25) is 0 Å². The molecule has 0 bridgehead atoms. The van der Waals surface area contributed by atoms with Crippen molar-refractivity contribution in [2.75, 3.05) is 20.3 Å². The van der Waals surface area contributed by atoms with Gasteiger partial charge in [0.1, 0.15) is 5.75 Å². The van der Waals surface area contributed by atoms with Gasteiger partial charge in [-0.1, -0.05) is 18.2 Å². The van der Waals surface area contributed by atoms with Crippen molar-refractivity contribution in [1.82, 2.24) is 0 Å². The Morgan fingerprint density at radius 2 is 1.83 bits per heavy atom. The van der Waals surface area contributed by atoms with E-state index in [2.05, 4.69) is 4.74 Å². The van der Waals surface area contributed by atoms with Crippen molar-refractivity contribution in [3.63, 3.8) is 0 Å². The van der Waals surface area contributed by atoms with E-state index in [-0.39, 0.29) is 6.61 Å². The number of ether oxygens (including phenoxy) is 1. The maximum atomic E-state index is 8.63. The van der Waals surface area contributed by atoms with Gasteiger partial charge in [-0.05, 0) is 12.1 Å². The third kappa shape index (κ3) is 7.05. The monoisotopic (exact) mass is 170 g/mol. The molecule has 1 rings (SSSR count). The fourth-order valence-corrected chi connectivity index (χ4v) is 0.519. The van der Waals surface area contributed by atoms with Gasteiger partial charge in [-0.15, -0.1) is 0 Å². The minimum Gasteiger partial charge on any atom is -0.508 e. The highest BCUT2D eigenvalue weighted by Crippen LogP contribution is 2.02. The highest BCUT2D eigenvalue weighted by Gasteiger charge is 1.74. The second-order valence-electron chi connectivity index (χ2n) is 2.05. The minimum absolute atomic E-state index is 0.122. The lowest BCUT2D eigenvalue weighted by Gasteiger charge is -1.84. The predicted molar refractivity (Wildman–Crippen MR) is 47.1 cm³/mol. The molecule has 1 aromatic carbocycles. The first-order chi connectivity index (χ1) is 5.81. The van der Waals surface area contributed by atoms with E-state index in [1.807, 2.05) is 6.07 Å². The van der Waals surface area contributed by atoms with Gasteiger partial charge in [0.15, 0.2) is 0 Å². The predicted octanol–water partition coefficient (Wildman–Crippen LogP) is 1.02. The summed E-state index contributed by atoms with van der Waals surface area (Å²) in [5, 5.41) is 16.6. The molecule has 0 aliphatic heterocycles. The molecule has 0 aliphatic carbocycles. The molecule has 0 unspecified atom stereocenters. The van der Waals surface area contributed by atoms with Gasteiger partial charge in [0.25, 0.3) is 0 Å². The fourth-order valence-electron chi connectivity index (χ4n) is 0.519. The molecule has 0 aromatic heterocycles. The maximum absolute atomic E-state index is 8.63. The first-order valence-electron chi connectivity index (χ1n) is 3.65. The molecule has 1 aromatic rings. The van der Waals surface area contributed by atoms with Crippen LogP contribution in [0.15, 0.2) is 30.3 Å². The van der Waals surface area contributed by atoms with Crippen LogP contribution in [-0.2, 0) is 4.74 Å². The third-order valence-corrected chi connectivity index (χ3v) is 1.05. The molecular formula is C9H14O3. The molecule has 12 heavy (non-hydrogen) atoms. The molecular weight excluding hydrogens is 156 g/mol. The molecule has 0 spiro atoms. The van der Waals surface area contributed by atoms with Crippen LogP contribution in [0.4, 0.5) is 0 Å². The number of hydrogen-bond acceptors (Lipinski definition) is 3. The molecule has 0 heterocycles. The lowest BCUT2D eigenvalue weighted by molar-refractivity contribution is 0.135. The van der Waals surface area contributed by atoms with Crippen molar-refractivity contribution in [1.29, 1.82) is 0 Å². The highest BCUT2D eigenvalue weighted by molar-refractivity contribution is 5.18. The lowest BCUT2D eigenvalue weighted by atomic mass is 10.3. The molecule has 0 fully saturated rings. The van der Waals surface area contributed by atoms with Crippen LogP contribution in [0, 0.1) is 0 Å². The zero-order valence-electron chi connectivity index (χ0n) is 7.10. The summed E-state index contributed by atoms with van der Waals surface area (Å²) < 4.78 is 4.44. The molecule has 2 N–H and O–H groups in total. The first kappa shape index (κ1) is 10.9. The summed E-state index contributed by atoms with van der Waals surface area (Å²) in [5.74, 6) is 0.322. The van der Waals surface area contributed by atoms with Crippen molar-refractivity contribution in [2.45, 2.75) is 0 Å². The van der Waals surface area contributed by atoms with Crippen molar-refractivity contribution in [2.24, 2.45) is 0 Å². The molecule has 3 heteroatoms. The Balaban J connectivity index is 0.000000217. The van der Waals surface area contributed by atoms with Gasteiger partial charge in [-0.25, -0.2) is 0 Å². The molecule has 0 atom stereocenters. The van der Waals surface area contributed by atoms with E-state index < -0.39 is 0 Å². The SMILES string of the molecule is COCCO.Oc1ccccc1. The Labute approximate surface area is 72.2 Å². The molecule has 0 amide bonds. The minimum atomic E-state index is 0.122. The Morgan fingerprint density at radius 3 is 2.00 bits per heavy atom. The van der Waals surface area contributed by atoms with E-state index in [1.54, 1.807) is 31.4 Å². The summed E-state index contributed by atoms with van der Waals surface area (Å²) in [6.45, 7) is 0.566. The molecule has 0 saturated carbocycles. The topological polar surface area (TPSA) is 49.7 Å². The van der Waals surface area contributed by atoms with Crippen molar-refractivity contribution >= 4 is 0 Å². The standard InChI is InChI=1S/C6H6O.C3H8O2/c7-6-4-2-1-3-5-6;1-5-3-2-4/h1-5,7H;4H,2-3H2,1H3. The van der Waals surface area contributed by atoms with Gasteiger partial charge in [0.05, 0.1) is 13.2 Å².